The summed E-state index contributed by atoms with van der Waals surface area (Å²) in [5, 5.41) is 18.6. The third-order valence-electron chi connectivity index (χ3n) is 3.31. The minimum Gasteiger partial charge on any atom is -0.478 e. The predicted molar refractivity (Wildman–Crippen MR) is 107 cm³/mol. The number of hydrogen-bond acceptors (Lipinski definition) is 8. The molecule has 11 heteroatoms. The molecule has 0 amide bonds. The van der Waals surface area contributed by atoms with Gasteiger partial charge in [-0.2, -0.15) is 0 Å². The van der Waals surface area contributed by atoms with Gasteiger partial charge in [0.05, 0.1) is 12.3 Å². The smallest absolute Gasteiger partial charge is 0.344 e. The third kappa shape index (κ3) is 8.25. The van der Waals surface area contributed by atoms with Gasteiger partial charge in [0.1, 0.15) is 23.0 Å². The SMILES string of the molecule is CCOC(=O)c1c(N)cc(NCc2ccc(F)cc2)nc1N.O=C(O)C=CC(=O)O. The Balaban J connectivity index is 0.000000479. The van der Waals surface area contributed by atoms with Crippen molar-refractivity contribution in [3.8, 4) is 0 Å². The number of aromatic nitrogens is 1. The van der Waals surface area contributed by atoms with Crippen LogP contribution in [0.25, 0.3) is 0 Å². The number of nitrogens with zero attached hydrogens (tertiary/aromatic N) is 1. The monoisotopic (exact) mass is 420 g/mol. The Morgan fingerprint density at radius 1 is 1.13 bits per heavy atom. The van der Waals surface area contributed by atoms with Crippen molar-refractivity contribution in [2.24, 2.45) is 0 Å². The topological polar surface area (TPSA) is 178 Å². The number of carbonyl (C=O) groups excluding carboxylic acids is 1. The van der Waals surface area contributed by atoms with Gasteiger partial charge < -0.3 is 31.7 Å². The number of hydrogen-bond donors (Lipinski definition) is 5. The molecule has 7 N–H and O–H groups in total. The Kier molecular flexibility index (Phi) is 9.27. The van der Waals surface area contributed by atoms with Crippen molar-refractivity contribution in [3.05, 3.63) is 59.4 Å². The van der Waals surface area contributed by atoms with E-state index in [1.54, 1.807) is 19.1 Å². The quantitative estimate of drug-likeness (QED) is 0.328. The van der Waals surface area contributed by atoms with Gasteiger partial charge in [-0.3, -0.25) is 0 Å². The maximum absolute atomic E-state index is 12.8. The summed E-state index contributed by atoms with van der Waals surface area (Å²) in [6, 6.07) is 7.56. The second-order valence-electron chi connectivity index (χ2n) is 5.57. The summed E-state index contributed by atoms with van der Waals surface area (Å²) in [5.74, 6) is -2.99. The number of nitrogen functional groups attached to an aromatic ring is 2. The number of ether oxygens (including phenoxy) is 1. The van der Waals surface area contributed by atoms with Crippen LogP contribution in [0.4, 0.5) is 21.7 Å². The molecule has 0 atom stereocenters. The summed E-state index contributed by atoms with van der Waals surface area (Å²) in [5.41, 5.74) is 12.7. The van der Waals surface area contributed by atoms with Crippen molar-refractivity contribution in [1.82, 2.24) is 4.98 Å². The number of aliphatic carboxylic acids is 2. The van der Waals surface area contributed by atoms with Gasteiger partial charge in [0, 0.05) is 24.8 Å². The summed E-state index contributed by atoms with van der Waals surface area (Å²) >= 11 is 0. The van der Waals surface area contributed by atoms with Gasteiger partial charge in [0.25, 0.3) is 0 Å². The summed E-state index contributed by atoms with van der Waals surface area (Å²) in [4.78, 5) is 34.9. The molecule has 0 spiro atoms. The maximum atomic E-state index is 12.8. The van der Waals surface area contributed by atoms with Crippen molar-refractivity contribution in [1.29, 1.82) is 0 Å². The van der Waals surface area contributed by atoms with E-state index in [0.717, 1.165) is 5.56 Å². The standard InChI is InChI=1S/C15H17FN4O2.C4H4O4/c1-2-22-15(21)13-11(17)7-12(20-14(13)18)19-8-9-3-5-10(16)6-4-9;5-3(6)1-2-4(7)8/h3-7H,2,8H2,1H3,(H5,17,18,19,20);1-2H,(H,5,6)(H,7,8). The lowest BCUT2D eigenvalue weighted by molar-refractivity contribution is -0.134. The van der Waals surface area contributed by atoms with Crippen LogP contribution in [0.15, 0.2) is 42.5 Å². The molecule has 0 bridgehead atoms. The van der Waals surface area contributed by atoms with Crippen LogP contribution in [0.2, 0.25) is 0 Å². The minimum atomic E-state index is -1.26. The molecule has 0 unspecified atom stereocenters. The first-order chi connectivity index (χ1) is 14.1. The fraction of sp³-hybridized carbons (Fsp3) is 0.158. The van der Waals surface area contributed by atoms with Crippen LogP contribution in [0.1, 0.15) is 22.8 Å². The molecule has 2 rings (SSSR count). The van der Waals surface area contributed by atoms with Crippen LogP contribution in [0, 0.1) is 5.82 Å². The normalized spacial score (nSPS) is 10.1. The van der Waals surface area contributed by atoms with Gasteiger partial charge >= 0.3 is 17.9 Å². The fourth-order valence-corrected chi connectivity index (χ4v) is 2.04. The maximum Gasteiger partial charge on any atom is 0.344 e. The van der Waals surface area contributed by atoms with Gasteiger partial charge in [0.15, 0.2) is 0 Å². The van der Waals surface area contributed by atoms with Crippen molar-refractivity contribution < 1.29 is 33.7 Å². The Hall–Kier alpha value is -4.15. The number of rotatable bonds is 7. The molecule has 0 fully saturated rings. The van der Waals surface area contributed by atoms with E-state index in [0.29, 0.717) is 24.5 Å². The molecule has 0 saturated carbocycles. The molecular formula is C19H21FN4O6. The van der Waals surface area contributed by atoms with Crippen LogP contribution in [0.3, 0.4) is 0 Å². The number of pyridine rings is 1. The number of carbonyl (C=O) groups is 3. The van der Waals surface area contributed by atoms with Crippen molar-refractivity contribution in [2.45, 2.75) is 13.5 Å². The zero-order valence-electron chi connectivity index (χ0n) is 16.0. The number of anilines is 3. The molecule has 0 saturated heterocycles. The number of esters is 1. The van der Waals surface area contributed by atoms with Gasteiger partial charge in [-0.05, 0) is 24.6 Å². The van der Waals surface area contributed by atoms with E-state index in [9.17, 15) is 18.8 Å². The molecule has 10 nitrogen and oxygen atoms in total. The van der Waals surface area contributed by atoms with E-state index in [1.807, 2.05) is 0 Å². The minimum absolute atomic E-state index is 0.0000520. The van der Waals surface area contributed by atoms with Crippen LogP contribution < -0.4 is 16.8 Å². The Labute approximate surface area is 171 Å². The van der Waals surface area contributed by atoms with Crippen molar-refractivity contribution in [3.63, 3.8) is 0 Å². The van der Waals surface area contributed by atoms with E-state index in [4.69, 9.17) is 26.4 Å². The van der Waals surface area contributed by atoms with Gasteiger partial charge in [0.2, 0.25) is 0 Å². The van der Waals surface area contributed by atoms with E-state index in [-0.39, 0.29) is 29.5 Å². The van der Waals surface area contributed by atoms with Gasteiger partial charge in [-0.25, -0.2) is 23.8 Å². The molecule has 2 aromatic rings. The number of carboxylic acid groups (broad SMARTS) is 2. The van der Waals surface area contributed by atoms with Crippen molar-refractivity contribution >= 4 is 35.2 Å². The highest BCUT2D eigenvalue weighted by Crippen LogP contribution is 2.23. The molecule has 1 aromatic heterocycles. The molecule has 1 heterocycles. The third-order valence-corrected chi connectivity index (χ3v) is 3.31. The van der Waals surface area contributed by atoms with Crippen LogP contribution in [-0.2, 0) is 20.9 Å². The number of nitrogens with two attached hydrogens (primary N) is 2. The Bertz CT molecular complexity index is 892. The molecule has 0 aliphatic carbocycles. The van der Waals surface area contributed by atoms with E-state index in [2.05, 4.69) is 10.3 Å². The summed E-state index contributed by atoms with van der Waals surface area (Å²) in [6.07, 6.45) is 1.12. The first-order valence-corrected chi connectivity index (χ1v) is 8.49. The largest absolute Gasteiger partial charge is 0.478 e. The molecule has 0 aliphatic rings. The molecule has 0 radical (unpaired) electrons. The lowest BCUT2D eigenvalue weighted by atomic mass is 10.2. The lowest BCUT2D eigenvalue weighted by Crippen LogP contribution is -2.14. The first kappa shape index (κ1) is 23.9. The summed E-state index contributed by atoms with van der Waals surface area (Å²) < 4.78 is 17.7. The van der Waals surface area contributed by atoms with Gasteiger partial charge in [-0.1, -0.05) is 12.1 Å². The van der Waals surface area contributed by atoms with E-state index in [1.165, 1.54) is 18.2 Å². The highest BCUT2D eigenvalue weighted by molar-refractivity contribution is 6.00. The fourth-order valence-electron chi connectivity index (χ4n) is 2.04. The molecule has 160 valence electrons. The summed E-state index contributed by atoms with van der Waals surface area (Å²) in [6.45, 7) is 2.34. The summed E-state index contributed by atoms with van der Waals surface area (Å²) in [7, 11) is 0. The average molecular weight is 420 g/mol. The number of benzene rings is 1. The van der Waals surface area contributed by atoms with Crippen LogP contribution in [-0.4, -0.2) is 39.7 Å². The molecule has 30 heavy (non-hydrogen) atoms. The van der Waals surface area contributed by atoms with Crippen molar-refractivity contribution in [2.75, 3.05) is 23.4 Å². The zero-order valence-corrected chi connectivity index (χ0v) is 16.0. The van der Waals surface area contributed by atoms with E-state index < -0.39 is 17.9 Å². The number of nitrogens with one attached hydrogen (secondary N) is 1. The highest BCUT2D eigenvalue weighted by atomic mass is 19.1. The van der Waals surface area contributed by atoms with Crippen LogP contribution in [0.5, 0.6) is 0 Å². The molecule has 1 aromatic carbocycles. The highest BCUT2D eigenvalue weighted by Gasteiger charge is 2.17. The Morgan fingerprint density at radius 3 is 2.17 bits per heavy atom. The van der Waals surface area contributed by atoms with Gasteiger partial charge in [-0.15, -0.1) is 0 Å². The number of halogens is 1. The first-order valence-electron chi connectivity index (χ1n) is 8.49. The lowest BCUT2D eigenvalue weighted by Gasteiger charge is -2.11. The number of carboxylic acids is 2. The second-order valence-corrected chi connectivity index (χ2v) is 5.57. The van der Waals surface area contributed by atoms with E-state index >= 15 is 0 Å². The molecule has 0 aliphatic heterocycles. The van der Waals surface area contributed by atoms with Crippen LogP contribution >= 0.6 is 0 Å². The molecular weight excluding hydrogens is 399 g/mol. The predicted octanol–water partition coefficient (Wildman–Crippen LogP) is 1.89. The zero-order chi connectivity index (χ0) is 22.7. The second kappa shape index (κ2) is 11.6. The Morgan fingerprint density at radius 2 is 1.70 bits per heavy atom. The average Bonchev–Trinajstić information content (AvgIpc) is 2.66.